The van der Waals surface area contributed by atoms with Gasteiger partial charge in [-0.3, -0.25) is 0 Å². The van der Waals surface area contributed by atoms with Crippen LogP contribution in [0.5, 0.6) is 23.0 Å². The highest BCUT2D eigenvalue weighted by atomic mass is 32.1. The van der Waals surface area contributed by atoms with Crippen molar-refractivity contribution in [2.45, 2.75) is 90.3 Å². The van der Waals surface area contributed by atoms with Gasteiger partial charge in [0, 0.05) is 10.8 Å². The molecule has 6 heteroatoms. The van der Waals surface area contributed by atoms with Crippen LogP contribution in [0.4, 0.5) is 0 Å². The van der Waals surface area contributed by atoms with E-state index in [0.717, 1.165) is 45.6 Å². The zero-order valence-electron chi connectivity index (χ0n) is 18.2. The number of fused-ring (bicyclic) bond motifs is 2. The molecule has 2 aromatic heterocycles. The molecule has 4 nitrogen and oxygen atoms in total. The van der Waals surface area contributed by atoms with Crippen molar-refractivity contribution in [2.24, 2.45) is 0 Å². The van der Waals surface area contributed by atoms with Gasteiger partial charge in [-0.2, -0.15) is 0 Å². The molecule has 0 aliphatic carbocycles. The molecule has 2 aliphatic heterocycles. The van der Waals surface area contributed by atoms with E-state index < -0.39 is 0 Å². The van der Waals surface area contributed by atoms with Crippen molar-refractivity contribution in [3.8, 4) is 32.8 Å². The summed E-state index contributed by atoms with van der Waals surface area (Å²) in [4.78, 5) is 2.22. The van der Waals surface area contributed by atoms with Gasteiger partial charge in [-0.05, 0) is 25.7 Å². The lowest BCUT2D eigenvalue weighted by Gasteiger charge is -2.26. The summed E-state index contributed by atoms with van der Waals surface area (Å²) in [6, 6.07) is 0. The molecule has 0 N–H and O–H groups in total. The van der Waals surface area contributed by atoms with E-state index in [0.29, 0.717) is 13.2 Å². The van der Waals surface area contributed by atoms with Crippen molar-refractivity contribution >= 4 is 22.7 Å². The molecule has 0 saturated carbocycles. The lowest BCUT2D eigenvalue weighted by Crippen LogP contribution is -2.29. The average Bonchev–Trinajstić information content (AvgIpc) is 3.37. The predicted octanol–water partition coefficient (Wildman–Crippen LogP) is 7.70. The van der Waals surface area contributed by atoms with Gasteiger partial charge in [-0.15, -0.1) is 22.7 Å². The third-order valence-corrected chi connectivity index (χ3v) is 7.85. The van der Waals surface area contributed by atoms with E-state index in [-0.39, 0.29) is 12.2 Å². The standard InChI is InChI=1S/C24H34O4S2/c1-3-5-7-9-11-17-14-26-21-20(27-17)16-30-23(21)24-22-19(15-29-24)25-13-18(28-22)12-10-8-6-4-2/h15-18H,3-14H2,1-2H3. The summed E-state index contributed by atoms with van der Waals surface area (Å²) in [5.74, 6) is 3.52. The Hall–Kier alpha value is -1.40. The number of unbranched alkanes of at least 4 members (excludes halogenated alkanes) is 6. The van der Waals surface area contributed by atoms with Crippen molar-refractivity contribution in [3.63, 3.8) is 0 Å². The first kappa shape index (κ1) is 21.8. The van der Waals surface area contributed by atoms with E-state index in [1.807, 2.05) is 0 Å². The normalized spacial score (nSPS) is 19.8. The van der Waals surface area contributed by atoms with Crippen LogP contribution in [0.2, 0.25) is 0 Å². The number of rotatable bonds is 11. The minimum absolute atomic E-state index is 0.142. The Kier molecular flexibility index (Phi) is 7.83. The zero-order chi connectivity index (χ0) is 20.8. The van der Waals surface area contributed by atoms with E-state index in [4.69, 9.17) is 18.9 Å². The first-order valence-electron chi connectivity index (χ1n) is 11.6. The minimum Gasteiger partial charge on any atom is -0.485 e. The predicted molar refractivity (Wildman–Crippen MR) is 125 cm³/mol. The molecule has 4 rings (SSSR count). The second-order valence-electron chi connectivity index (χ2n) is 8.32. The molecule has 0 spiro atoms. The maximum atomic E-state index is 6.39. The third-order valence-electron chi connectivity index (χ3n) is 5.81. The molecule has 2 aliphatic rings. The van der Waals surface area contributed by atoms with Gasteiger partial charge < -0.3 is 18.9 Å². The Labute approximate surface area is 188 Å². The fourth-order valence-electron chi connectivity index (χ4n) is 4.06. The van der Waals surface area contributed by atoms with Crippen LogP contribution < -0.4 is 18.9 Å². The Balaban J connectivity index is 1.40. The number of ether oxygens (including phenoxy) is 4. The lowest BCUT2D eigenvalue weighted by atomic mass is 10.1. The van der Waals surface area contributed by atoms with Crippen molar-refractivity contribution in [2.75, 3.05) is 13.2 Å². The summed E-state index contributed by atoms with van der Waals surface area (Å²) in [7, 11) is 0. The van der Waals surface area contributed by atoms with Gasteiger partial charge in [-0.25, -0.2) is 0 Å². The summed E-state index contributed by atoms with van der Waals surface area (Å²) in [6.45, 7) is 5.77. The molecule has 4 heterocycles. The van der Waals surface area contributed by atoms with Gasteiger partial charge in [0.2, 0.25) is 0 Å². The van der Waals surface area contributed by atoms with Crippen LogP contribution in [0, 0.1) is 0 Å². The largest absolute Gasteiger partial charge is 0.485 e. The molecule has 2 atom stereocenters. The fraction of sp³-hybridized carbons (Fsp3) is 0.667. The molecule has 0 radical (unpaired) electrons. The molecular formula is C24H34O4S2. The Morgan fingerprint density at radius 1 is 0.700 bits per heavy atom. The minimum atomic E-state index is 0.142. The van der Waals surface area contributed by atoms with Crippen molar-refractivity contribution in [1.29, 1.82) is 0 Å². The van der Waals surface area contributed by atoms with Gasteiger partial charge in [0.25, 0.3) is 0 Å². The van der Waals surface area contributed by atoms with Gasteiger partial charge in [-0.1, -0.05) is 52.4 Å². The molecular weight excluding hydrogens is 416 g/mol. The van der Waals surface area contributed by atoms with Crippen LogP contribution in [-0.2, 0) is 0 Å². The number of hydrogen-bond acceptors (Lipinski definition) is 6. The molecule has 2 unspecified atom stereocenters. The lowest BCUT2D eigenvalue weighted by molar-refractivity contribution is 0.0830. The molecule has 0 aromatic carbocycles. The number of thiophene rings is 2. The highest BCUT2D eigenvalue weighted by Crippen LogP contribution is 2.54. The summed E-state index contributed by atoms with van der Waals surface area (Å²) < 4.78 is 24.8. The molecule has 0 bridgehead atoms. The van der Waals surface area contributed by atoms with Gasteiger partial charge in [0.1, 0.15) is 25.4 Å². The smallest absolute Gasteiger partial charge is 0.181 e. The van der Waals surface area contributed by atoms with Crippen molar-refractivity contribution in [3.05, 3.63) is 10.8 Å². The van der Waals surface area contributed by atoms with Crippen LogP contribution in [-0.4, -0.2) is 25.4 Å². The van der Waals surface area contributed by atoms with E-state index in [1.54, 1.807) is 22.7 Å². The second kappa shape index (κ2) is 10.8. The topological polar surface area (TPSA) is 36.9 Å². The maximum absolute atomic E-state index is 6.39. The van der Waals surface area contributed by atoms with Gasteiger partial charge in [0.15, 0.2) is 23.0 Å². The van der Waals surface area contributed by atoms with Crippen LogP contribution >= 0.6 is 22.7 Å². The molecule has 166 valence electrons. The van der Waals surface area contributed by atoms with E-state index in [1.165, 1.54) is 51.4 Å². The van der Waals surface area contributed by atoms with Crippen LogP contribution in [0.1, 0.15) is 78.1 Å². The SMILES string of the molecule is CCCCCCC1COc2c(csc2-c2scc3c2OC(CCCCCC)CO3)O1. The van der Waals surface area contributed by atoms with Gasteiger partial charge in [0.05, 0.1) is 9.75 Å². The van der Waals surface area contributed by atoms with Crippen molar-refractivity contribution < 1.29 is 18.9 Å². The third kappa shape index (κ3) is 5.08. The molecule has 30 heavy (non-hydrogen) atoms. The highest BCUT2D eigenvalue weighted by molar-refractivity contribution is 7.21. The first-order valence-corrected chi connectivity index (χ1v) is 13.4. The Morgan fingerprint density at radius 3 is 2.00 bits per heavy atom. The van der Waals surface area contributed by atoms with Gasteiger partial charge >= 0.3 is 0 Å². The number of hydrogen-bond donors (Lipinski definition) is 0. The first-order chi connectivity index (χ1) is 14.8. The van der Waals surface area contributed by atoms with Crippen LogP contribution in [0.3, 0.4) is 0 Å². The Morgan fingerprint density at radius 2 is 1.30 bits per heavy atom. The van der Waals surface area contributed by atoms with Crippen molar-refractivity contribution in [1.82, 2.24) is 0 Å². The molecule has 0 amide bonds. The van der Waals surface area contributed by atoms with E-state index in [2.05, 4.69) is 24.6 Å². The summed E-state index contributed by atoms with van der Waals surface area (Å²) in [6.07, 6.45) is 12.5. The zero-order valence-corrected chi connectivity index (χ0v) is 19.9. The van der Waals surface area contributed by atoms with E-state index >= 15 is 0 Å². The molecule has 2 aromatic rings. The monoisotopic (exact) mass is 450 g/mol. The average molecular weight is 451 g/mol. The fourth-order valence-corrected chi connectivity index (χ4v) is 6.06. The second-order valence-corrected chi connectivity index (χ2v) is 10.1. The van der Waals surface area contributed by atoms with Crippen LogP contribution in [0.25, 0.3) is 9.75 Å². The van der Waals surface area contributed by atoms with Crippen LogP contribution in [0.15, 0.2) is 10.8 Å². The van der Waals surface area contributed by atoms with E-state index in [9.17, 15) is 0 Å². The summed E-state index contributed by atoms with van der Waals surface area (Å²) in [5.41, 5.74) is 0. The maximum Gasteiger partial charge on any atom is 0.181 e. The summed E-state index contributed by atoms with van der Waals surface area (Å²) in [5, 5.41) is 4.14. The summed E-state index contributed by atoms with van der Waals surface area (Å²) >= 11 is 3.36. The molecule has 0 saturated heterocycles. The Bertz CT molecular complexity index is 797. The molecule has 0 fully saturated rings. The quantitative estimate of drug-likeness (QED) is 0.329. The highest BCUT2D eigenvalue weighted by Gasteiger charge is 2.31.